The molecule has 0 saturated carbocycles. The number of pyridine rings is 1. The van der Waals surface area contributed by atoms with Crippen LogP contribution in [-0.2, 0) is 4.74 Å². The summed E-state index contributed by atoms with van der Waals surface area (Å²) in [6.45, 7) is 9.31. The van der Waals surface area contributed by atoms with Gasteiger partial charge in [0.15, 0.2) is 0 Å². The van der Waals surface area contributed by atoms with Crippen LogP contribution in [-0.4, -0.2) is 17.8 Å². The second-order valence-electron chi connectivity index (χ2n) is 4.76. The molecular weight excluding hydrogens is 212 g/mol. The fourth-order valence-corrected chi connectivity index (χ4v) is 2.50. The van der Waals surface area contributed by atoms with E-state index in [1.54, 1.807) is 0 Å². The zero-order chi connectivity index (χ0) is 12.4. The molecule has 3 heteroatoms. The van der Waals surface area contributed by atoms with Crippen LogP contribution in [0.1, 0.15) is 51.0 Å². The summed E-state index contributed by atoms with van der Waals surface area (Å²) in [6, 6.07) is 2.75. The van der Waals surface area contributed by atoms with Gasteiger partial charge in [-0.1, -0.05) is 13.8 Å². The summed E-state index contributed by atoms with van der Waals surface area (Å²) in [6.07, 6.45) is 4.41. The molecule has 2 rings (SSSR count). The van der Waals surface area contributed by atoms with Gasteiger partial charge in [-0.2, -0.15) is 0 Å². The molecule has 1 atom stereocenters. The van der Waals surface area contributed by atoms with Gasteiger partial charge in [0.25, 0.3) is 0 Å². The van der Waals surface area contributed by atoms with E-state index < -0.39 is 0 Å². The van der Waals surface area contributed by atoms with Crippen LogP contribution < -0.4 is 4.90 Å². The third kappa shape index (κ3) is 2.29. The zero-order valence-electron chi connectivity index (χ0n) is 11.2. The quantitative estimate of drug-likeness (QED) is 0.801. The number of anilines is 1. The second-order valence-corrected chi connectivity index (χ2v) is 4.76. The van der Waals surface area contributed by atoms with Crippen molar-refractivity contribution in [2.75, 3.05) is 11.6 Å². The van der Waals surface area contributed by atoms with Crippen LogP contribution >= 0.6 is 0 Å². The molecule has 94 valence electrons. The lowest BCUT2D eigenvalue weighted by Gasteiger charge is -2.39. The van der Waals surface area contributed by atoms with E-state index in [0.717, 1.165) is 18.5 Å². The van der Waals surface area contributed by atoms with Crippen LogP contribution in [0.4, 0.5) is 5.69 Å². The summed E-state index contributed by atoms with van der Waals surface area (Å²) in [4.78, 5) is 6.76. The number of rotatable bonds is 3. The smallest absolute Gasteiger partial charge is 0.120 e. The van der Waals surface area contributed by atoms with Crippen molar-refractivity contribution in [3.63, 3.8) is 0 Å². The van der Waals surface area contributed by atoms with Crippen molar-refractivity contribution >= 4 is 5.69 Å². The standard InChI is InChI=1S/C14H22N2O/c1-5-12(6-2)16-9-17-11(4)13-8-15-10(3)7-14(13)16/h7-8,11-12H,5-6,9H2,1-4H3. The first kappa shape index (κ1) is 12.4. The number of aryl methyl sites for hydroxylation is 1. The highest BCUT2D eigenvalue weighted by atomic mass is 16.5. The summed E-state index contributed by atoms with van der Waals surface area (Å²) < 4.78 is 5.83. The highest BCUT2D eigenvalue weighted by Gasteiger charge is 2.26. The largest absolute Gasteiger partial charge is 0.353 e. The Morgan fingerprint density at radius 1 is 1.47 bits per heavy atom. The number of aromatic nitrogens is 1. The Kier molecular flexibility index (Phi) is 3.67. The molecular formula is C14H22N2O. The summed E-state index contributed by atoms with van der Waals surface area (Å²) >= 11 is 0. The molecule has 0 fully saturated rings. The molecule has 1 aliphatic heterocycles. The highest BCUT2D eigenvalue weighted by Crippen LogP contribution is 2.35. The number of nitrogens with zero attached hydrogens (tertiary/aromatic N) is 2. The maximum Gasteiger partial charge on any atom is 0.120 e. The van der Waals surface area contributed by atoms with Gasteiger partial charge in [0, 0.05) is 29.2 Å². The summed E-state index contributed by atoms with van der Waals surface area (Å²) in [7, 11) is 0. The van der Waals surface area contributed by atoms with Gasteiger partial charge in [0.1, 0.15) is 6.73 Å². The van der Waals surface area contributed by atoms with Crippen molar-refractivity contribution in [2.45, 2.75) is 52.7 Å². The average molecular weight is 234 g/mol. The minimum absolute atomic E-state index is 0.156. The summed E-state index contributed by atoms with van der Waals surface area (Å²) in [5.74, 6) is 0. The normalized spacial score (nSPS) is 19.6. The molecule has 0 radical (unpaired) electrons. The van der Waals surface area contributed by atoms with Crippen molar-refractivity contribution in [3.05, 3.63) is 23.5 Å². The molecule has 2 heterocycles. The summed E-state index contributed by atoms with van der Waals surface area (Å²) in [5.41, 5.74) is 3.60. The lowest BCUT2D eigenvalue weighted by atomic mass is 10.0. The molecule has 0 N–H and O–H groups in total. The van der Waals surface area contributed by atoms with Gasteiger partial charge in [-0.05, 0) is 32.8 Å². The molecule has 1 aromatic rings. The van der Waals surface area contributed by atoms with Crippen molar-refractivity contribution in [1.29, 1.82) is 0 Å². The molecule has 0 bridgehead atoms. The number of fused-ring (bicyclic) bond motifs is 1. The summed E-state index contributed by atoms with van der Waals surface area (Å²) in [5, 5.41) is 0. The van der Waals surface area contributed by atoms with Gasteiger partial charge in [-0.25, -0.2) is 0 Å². The molecule has 0 aliphatic carbocycles. The van der Waals surface area contributed by atoms with Crippen LogP contribution in [0.15, 0.2) is 12.3 Å². The van der Waals surface area contributed by atoms with E-state index in [4.69, 9.17) is 4.74 Å². The zero-order valence-corrected chi connectivity index (χ0v) is 11.2. The van der Waals surface area contributed by atoms with E-state index in [1.807, 2.05) is 13.1 Å². The van der Waals surface area contributed by atoms with Crippen LogP contribution in [0.2, 0.25) is 0 Å². The molecule has 0 amide bonds. The fourth-order valence-electron chi connectivity index (χ4n) is 2.50. The van der Waals surface area contributed by atoms with E-state index in [9.17, 15) is 0 Å². The SMILES string of the molecule is CCC(CC)N1COC(C)c2cnc(C)cc21. The van der Waals surface area contributed by atoms with Crippen molar-refractivity contribution in [3.8, 4) is 0 Å². The molecule has 3 nitrogen and oxygen atoms in total. The third-order valence-corrected chi connectivity index (χ3v) is 3.64. The van der Waals surface area contributed by atoms with Crippen molar-refractivity contribution in [2.24, 2.45) is 0 Å². The predicted molar refractivity (Wildman–Crippen MR) is 70.2 cm³/mol. The average Bonchev–Trinajstić information content (AvgIpc) is 2.33. The lowest BCUT2D eigenvalue weighted by molar-refractivity contribution is 0.0503. The molecule has 1 aromatic heterocycles. The molecule has 0 aromatic carbocycles. The van der Waals surface area contributed by atoms with Crippen molar-refractivity contribution < 1.29 is 4.74 Å². The van der Waals surface area contributed by atoms with E-state index in [0.29, 0.717) is 12.8 Å². The first-order chi connectivity index (χ1) is 8.17. The maximum absolute atomic E-state index is 5.83. The van der Waals surface area contributed by atoms with E-state index >= 15 is 0 Å². The Morgan fingerprint density at radius 3 is 2.82 bits per heavy atom. The Hall–Kier alpha value is -1.09. The van der Waals surface area contributed by atoms with Gasteiger partial charge in [0.2, 0.25) is 0 Å². The number of ether oxygens (including phenoxy) is 1. The first-order valence-electron chi connectivity index (χ1n) is 6.52. The predicted octanol–water partition coefficient (Wildman–Crippen LogP) is 3.43. The number of hydrogen-bond acceptors (Lipinski definition) is 3. The van der Waals surface area contributed by atoms with Crippen molar-refractivity contribution in [1.82, 2.24) is 4.98 Å². The van der Waals surface area contributed by atoms with Crippen LogP contribution in [0, 0.1) is 6.92 Å². The Morgan fingerprint density at radius 2 is 2.18 bits per heavy atom. The van der Waals surface area contributed by atoms with E-state index in [-0.39, 0.29) is 6.10 Å². The Bertz CT molecular complexity index is 388. The maximum atomic E-state index is 5.83. The van der Waals surface area contributed by atoms with Gasteiger partial charge in [-0.3, -0.25) is 4.98 Å². The van der Waals surface area contributed by atoms with Gasteiger partial charge < -0.3 is 9.64 Å². The second kappa shape index (κ2) is 5.05. The van der Waals surface area contributed by atoms with Gasteiger partial charge in [-0.15, -0.1) is 0 Å². The van der Waals surface area contributed by atoms with Crippen LogP contribution in [0.25, 0.3) is 0 Å². The number of hydrogen-bond donors (Lipinski definition) is 0. The fraction of sp³-hybridized carbons (Fsp3) is 0.643. The minimum Gasteiger partial charge on any atom is -0.353 e. The molecule has 1 aliphatic rings. The van der Waals surface area contributed by atoms with Gasteiger partial charge in [0.05, 0.1) is 6.10 Å². The van der Waals surface area contributed by atoms with Crippen LogP contribution in [0.5, 0.6) is 0 Å². The van der Waals surface area contributed by atoms with E-state index in [2.05, 4.69) is 36.7 Å². The Labute approximate surface area is 104 Å². The molecule has 0 saturated heterocycles. The minimum atomic E-state index is 0.156. The highest BCUT2D eigenvalue weighted by molar-refractivity contribution is 5.56. The van der Waals surface area contributed by atoms with Crippen LogP contribution in [0.3, 0.4) is 0 Å². The van der Waals surface area contributed by atoms with E-state index in [1.165, 1.54) is 11.3 Å². The molecule has 1 unspecified atom stereocenters. The third-order valence-electron chi connectivity index (χ3n) is 3.64. The topological polar surface area (TPSA) is 25.4 Å². The monoisotopic (exact) mass is 234 g/mol. The van der Waals surface area contributed by atoms with Gasteiger partial charge >= 0.3 is 0 Å². The first-order valence-corrected chi connectivity index (χ1v) is 6.52. The lowest BCUT2D eigenvalue weighted by Crippen LogP contribution is -2.40. The Balaban J connectivity index is 2.40. The molecule has 0 spiro atoms. The molecule has 17 heavy (non-hydrogen) atoms.